The number of hydrogen-bond donors (Lipinski definition) is 0. The molecule has 1 aromatic rings. The summed E-state index contributed by atoms with van der Waals surface area (Å²) in [7, 11) is 0. The molecule has 0 aliphatic rings. The number of thiophene rings is 1. The molecule has 0 aromatic carbocycles. The minimum absolute atomic E-state index is 0.0456. The minimum Gasteiger partial charge on any atom is -0.286 e. The van der Waals surface area contributed by atoms with Gasteiger partial charge < -0.3 is 0 Å². The standard InChI is InChI=1S/C9H13NS/c1-9(2,3)10-7-8-5-4-6-11-8/h4-7H,1-3H3. The highest BCUT2D eigenvalue weighted by molar-refractivity contribution is 7.11. The molecule has 1 nitrogen and oxygen atoms in total. The van der Waals surface area contributed by atoms with Crippen molar-refractivity contribution in [2.24, 2.45) is 4.99 Å². The molecule has 2 heteroatoms. The maximum absolute atomic E-state index is 4.38. The van der Waals surface area contributed by atoms with E-state index < -0.39 is 0 Å². The summed E-state index contributed by atoms with van der Waals surface area (Å²) in [5.74, 6) is 0. The molecule has 0 radical (unpaired) electrons. The van der Waals surface area contributed by atoms with Gasteiger partial charge in [-0.1, -0.05) is 6.07 Å². The highest BCUT2D eigenvalue weighted by Crippen LogP contribution is 2.09. The van der Waals surface area contributed by atoms with Crippen LogP contribution in [0.15, 0.2) is 22.5 Å². The van der Waals surface area contributed by atoms with Gasteiger partial charge in [-0.2, -0.15) is 0 Å². The Morgan fingerprint density at radius 3 is 2.64 bits per heavy atom. The van der Waals surface area contributed by atoms with Crippen LogP contribution in [0.4, 0.5) is 0 Å². The Morgan fingerprint density at radius 2 is 2.18 bits per heavy atom. The average Bonchev–Trinajstić information content (AvgIpc) is 2.32. The van der Waals surface area contributed by atoms with Crippen molar-refractivity contribution < 1.29 is 0 Å². The van der Waals surface area contributed by atoms with Crippen molar-refractivity contribution >= 4 is 17.6 Å². The maximum Gasteiger partial charge on any atom is 0.0524 e. The lowest BCUT2D eigenvalue weighted by Gasteiger charge is -2.09. The molecular formula is C9H13NS. The maximum atomic E-state index is 4.38. The lowest BCUT2D eigenvalue weighted by atomic mass is 10.1. The van der Waals surface area contributed by atoms with E-state index in [0.29, 0.717) is 0 Å². The topological polar surface area (TPSA) is 12.4 Å². The van der Waals surface area contributed by atoms with Crippen molar-refractivity contribution in [3.63, 3.8) is 0 Å². The molecule has 0 aliphatic carbocycles. The largest absolute Gasteiger partial charge is 0.286 e. The van der Waals surface area contributed by atoms with E-state index in [0.717, 1.165) is 0 Å². The van der Waals surface area contributed by atoms with Crippen LogP contribution in [0.25, 0.3) is 0 Å². The second-order valence-electron chi connectivity index (χ2n) is 3.44. The van der Waals surface area contributed by atoms with Gasteiger partial charge in [0.25, 0.3) is 0 Å². The SMILES string of the molecule is CC(C)(C)N=Cc1cccs1. The van der Waals surface area contributed by atoms with Crippen molar-refractivity contribution in [3.05, 3.63) is 22.4 Å². The van der Waals surface area contributed by atoms with E-state index in [1.54, 1.807) is 11.3 Å². The zero-order chi connectivity index (χ0) is 8.32. The molecule has 0 N–H and O–H groups in total. The third-order valence-electron chi connectivity index (χ3n) is 1.12. The third-order valence-corrected chi connectivity index (χ3v) is 1.93. The molecule has 0 spiro atoms. The van der Waals surface area contributed by atoms with Crippen molar-refractivity contribution in [2.45, 2.75) is 26.3 Å². The Labute approximate surface area is 71.8 Å². The number of hydrogen-bond acceptors (Lipinski definition) is 2. The average molecular weight is 167 g/mol. The van der Waals surface area contributed by atoms with Crippen LogP contribution in [0.2, 0.25) is 0 Å². The van der Waals surface area contributed by atoms with Crippen molar-refractivity contribution in [2.75, 3.05) is 0 Å². The lowest BCUT2D eigenvalue weighted by molar-refractivity contribution is 0.587. The minimum atomic E-state index is 0.0456. The Balaban J connectivity index is 2.63. The molecule has 0 atom stereocenters. The van der Waals surface area contributed by atoms with Gasteiger partial charge in [-0.05, 0) is 32.2 Å². The van der Waals surface area contributed by atoms with Crippen molar-refractivity contribution in [3.8, 4) is 0 Å². The Kier molecular flexibility index (Phi) is 2.45. The quantitative estimate of drug-likeness (QED) is 0.570. The van der Waals surface area contributed by atoms with E-state index in [4.69, 9.17) is 0 Å². The van der Waals surface area contributed by atoms with Gasteiger partial charge in [0, 0.05) is 11.1 Å². The monoisotopic (exact) mass is 167 g/mol. The first-order valence-electron chi connectivity index (χ1n) is 3.67. The van der Waals surface area contributed by atoms with E-state index in [2.05, 4.69) is 37.2 Å². The van der Waals surface area contributed by atoms with Crippen molar-refractivity contribution in [1.29, 1.82) is 0 Å². The first kappa shape index (κ1) is 8.47. The number of aliphatic imine (C=N–C) groups is 1. The fourth-order valence-electron chi connectivity index (χ4n) is 0.622. The zero-order valence-corrected chi connectivity index (χ0v) is 7.98. The van der Waals surface area contributed by atoms with E-state index in [1.165, 1.54) is 4.88 Å². The van der Waals surface area contributed by atoms with Gasteiger partial charge >= 0.3 is 0 Å². The van der Waals surface area contributed by atoms with Gasteiger partial charge in [0.05, 0.1) is 5.54 Å². The number of rotatable bonds is 1. The second kappa shape index (κ2) is 3.18. The van der Waals surface area contributed by atoms with E-state index in [9.17, 15) is 0 Å². The van der Waals surface area contributed by atoms with Gasteiger partial charge in [-0.25, -0.2) is 0 Å². The van der Waals surface area contributed by atoms with Crippen LogP contribution in [0, 0.1) is 0 Å². The normalized spacial score (nSPS) is 12.6. The summed E-state index contributed by atoms with van der Waals surface area (Å²) in [6, 6.07) is 4.11. The predicted octanol–water partition coefficient (Wildman–Crippen LogP) is 2.97. The van der Waals surface area contributed by atoms with Crippen LogP contribution in [-0.4, -0.2) is 11.8 Å². The molecule has 0 fully saturated rings. The molecule has 0 saturated carbocycles. The smallest absolute Gasteiger partial charge is 0.0524 e. The first-order chi connectivity index (χ1) is 5.08. The molecule has 0 amide bonds. The van der Waals surface area contributed by atoms with Gasteiger partial charge in [0.15, 0.2) is 0 Å². The van der Waals surface area contributed by atoms with Crippen LogP contribution in [-0.2, 0) is 0 Å². The van der Waals surface area contributed by atoms with E-state index >= 15 is 0 Å². The fraction of sp³-hybridized carbons (Fsp3) is 0.444. The van der Waals surface area contributed by atoms with Crippen molar-refractivity contribution in [1.82, 2.24) is 0 Å². The second-order valence-corrected chi connectivity index (χ2v) is 4.42. The molecule has 60 valence electrons. The Morgan fingerprint density at radius 1 is 1.45 bits per heavy atom. The van der Waals surface area contributed by atoms with Crippen LogP contribution in [0.1, 0.15) is 25.6 Å². The zero-order valence-electron chi connectivity index (χ0n) is 7.16. The summed E-state index contributed by atoms with van der Waals surface area (Å²) in [5.41, 5.74) is 0.0456. The predicted molar refractivity (Wildman–Crippen MR) is 51.7 cm³/mol. The van der Waals surface area contributed by atoms with E-state index in [-0.39, 0.29) is 5.54 Å². The fourth-order valence-corrected chi connectivity index (χ4v) is 1.21. The van der Waals surface area contributed by atoms with Gasteiger partial charge in [-0.15, -0.1) is 11.3 Å². The molecule has 11 heavy (non-hydrogen) atoms. The van der Waals surface area contributed by atoms with Gasteiger partial charge in [0.1, 0.15) is 0 Å². The molecule has 0 unspecified atom stereocenters. The molecule has 0 aliphatic heterocycles. The highest BCUT2D eigenvalue weighted by Gasteiger charge is 2.04. The molecular weight excluding hydrogens is 154 g/mol. The molecule has 1 heterocycles. The Bertz CT molecular complexity index is 229. The van der Waals surface area contributed by atoms with Crippen LogP contribution >= 0.6 is 11.3 Å². The van der Waals surface area contributed by atoms with Crippen LogP contribution in [0.5, 0.6) is 0 Å². The van der Waals surface area contributed by atoms with Crippen LogP contribution < -0.4 is 0 Å². The third kappa shape index (κ3) is 3.33. The summed E-state index contributed by atoms with van der Waals surface area (Å²) < 4.78 is 0. The summed E-state index contributed by atoms with van der Waals surface area (Å²) in [4.78, 5) is 5.61. The molecule has 0 saturated heterocycles. The summed E-state index contributed by atoms with van der Waals surface area (Å²) in [6.45, 7) is 6.28. The summed E-state index contributed by atoms with van der Waals surface area (Å²) >= 11 is 1.71. The van der Waals surface area contributed by atoms with Gasteiger partial charge in [-0.3, -0.25) is 4.99 Å². The van der Waals surface area contributed by atoms with Gasteiger partial charge in [0.2, 0.25) is 0 Å². The first-order valence-corrected chi connectivity index (χ1v) is 4.55. The summed E-state index contributed by atoms with van der Waals surface area (Å²) in [6.07, 6.45) is 1.94. The highest BCUT2D eigenvalue weighted by atomic mass is 32.1. The number of nitrogens with zero attached hydrogens (tertiary/aromatic N) is 1. The van der Waals surface area contributed by atoms with E-state index in [1.807, 2.05) is 12.3 Å². The van der Waals surface area contributed by atoms with Crippen LogP contribution in [0.3, 0.4) is 0 Å². The molecule has 1 aromatic heterocycles. The summed E-state index contributed by atoms with van der Waals surface area (Å²) in [5, 5.41) is 2.06. The Hall–Kier alpha value is -0.630. The molecule has 1 rings (SSSR count). The lowest BCUT2D eigenvalue weighted by Crippen LogP contribution is -2.09. The molecule has 0 bridgehead atoms.